The molecule has 0 bridgehead atoms. The minimum Gasteiger partial charge on any atom is -0.368 e. The molecule has 0 aliphatic carbocycles. The van der Waals surface area contributed by atoms with E-state index in [-0.39, 0.29) is 17.3 Å². The first-order chi connectivity index (χ1) is 15.8. The zero-order chi connectivity index (χ0) is 23.4. The van der Waals surface area contributed by atoms with Crippen molar-refractivity contribution in [2.75, 3.05) is 31.1 Å². The lowest BCUT2D eigenvalue weighted by molar-refractivity contribution is 0.0746. The Morgan fingerprint density at radius 3 is 2.36 bits per heavy atom. The van der Waals surface area contributed by atoms with E-state index in [0.29, 0.717) is 42.3 Å². The van der Waals surface area contributed by atoms with E-state index in [0.717, 1.165) is 11.3 Å². The van der Waals surface area contributed by atoms with Gasteiger partial charge in [-0.3, -0.25) is 4.79 Å². The van der Waals surface area contributed by atoms with Gasteiger partial charge in [0.25, 0.3) is 5.91 Å². The lowest BCUT2D eigenvalue weighted by Crippen LogP contribution is -2.48. The molecule has 0 unspecified atom stereocenters. The molecule has 1 saturated heterocycles. The second-order valence-electron chi connectivity index (χ2n) is 8.05. The summed E-state index contributed by atoms with van der Waals surface area (Å²) < 4.78 is 28.5. The van der Waals surface area contributed by atoms with Crippen molar-refractivity contribution in [2.24, 2.45) is 0 Å². The Kier molecular flexibility index (Phi) is 7.02. The topological polar surface area (TPSA) is 69.7 Å². The fourth-order valence-electron chi connectivity index (χ4n) is 3.90. The minimum atomic E-state index is -3.77. The maximum atomic E-state index is 13.1. The molecule has 0 atom stereocenters. The third-order valence-corrected chi connectivity index (χ3v) is 7.55. The molecule has 1 heterocycles. The minimum absolute atomic E-state index is 0.127. The molecular formula is C25H26ClN3O3S. The fourth-order valence-corrected chi connectivity index (χ4v) is 5.37. The summed E-state index contributed by atoms with van der Waals surface area (Å²) in [5.74, 6) is -0.166. The van der Waals surface area contributed by atoms with E-state index in [1.54, 1.807) is 24.0 Å². The molecule has 0 spiro atoms. The number of rotatable bonds is 6. The summed E-state index contributed by atoms with van der Waals surface area (Å²) in [4.78, 5) is 17.2. The van der Waals surface area contributed by atoms with E-state index in [2.05, 4.69) is 9.62 Å². The second-order valence-corrected chi connectivity index (χ2v) is 10.2. The predicted molar refractivity (Wildman–Crippen MR) is 131 cm³/mol. The first-order valence-corrected chi connectivity index (χ1v) is 12.6. The fraction of sp³-hybridized carbons (Fsp3) is 0.240. The highest BCUT2D eigenvalue weighted by atomic mass is 35.5. The molecule has 3 aromatic carbocycles. The Morgan fingerprint density at radius 2 is 1.67 bits per heavy atom. The highest BCUT2D eigenvalue weighted by Crippen LogP contribution is 2.23. The number of amides is 1. The first-order valence-electron chi connectivity index (χ1n) is 10.8. The quantitative estimate of drug-likeness (QED) is 0.573. The monoisotopic (exact) mass is 483 g/mol. The molecule has 1 amide bonds. The highest BCUT2D eigenvalue weighted by molar-refractivity contribution is 7.89. The van der Waals surface area contributed by atoms with Crippen LogP contribution in [0.4, 0.5) is 5.69 Å². The van der Waals surface area contributed by atoms with Crippen molar-refractivity contribution in [3.05, 3.63) is 94.5 Å². The first kappa shape index (κ1) is 23.3. The van der Waals surface area contributed by atoms with Crippen LogP contribution < -0.4 is 9.62 Å². The predicted octanol–water partition coefficient (Wildman–Crippen LogP) is 4.09. The summed E-state index contributed by atoms with van der Waals surface area (Å²) in [5.41, 5.74) is 2.86. The summed E-state index contributed by atoms with van der Waals surface area (Å²) >= 11 is 6.10. The van der Waals surface area contributed by atoms with Crippen molar-refractivity contribution in [1.82, 2.24) is 9.62 Å². The van der Waals surface area contributed by atoms with Crippen LogP contribution in [0.2, 0.25) is 5.02 Å². The van der Waals surface area contributed by atoms with Gasteiger partial charge in [-0.2, -0.15) is 0 Å². The van der Waals surface area contributed by atoms with Crippen molar-refractivity contribution in [3.63, 3.8) is 0 Å². The molecule has 0 aromatic heterocycles. The van der Waals surface area contributed by atoms with Crippen molar-refractivity contribution >= 4 is 33.2 Å². The summed E-state index contributed by atoms with van der Waals surface area (Å²) in [5, 5.41) is 0.681. The summed E-state index contributed by atoms with van der Waals surface area (Å²) in [6.45, 7) is 4.38. The van der Waals surface area contributed by atoms with Crippen molar-refractivity contribution in [3.8, 4) is 0 Å². The molecule has 1 aliphatic heterocycles. The number of carbonyl (C=O) groups is 1. The Balaban J connectivity index is 1.45. The van der Waals surface area contributed by atoms with Gasteiger partial charge < -0.3 is 9.80 Å². The Hall–Kier alpha value is -2.87. The molecule has 1 aliphatic rings. The van der Waals surface area contributed by atoms with Crippen molar-refractivity contribution in [1.29, 1.82) is 0 Å². The molecule has 33 heavy (non-hydrogen) atoms. The van der Waals surface area contributed by atoms with E-state index in [1.165, 1.54) is 6.07 Å². The maximum Gasteiger partial charge on any atom is 0.254 e. The van der Waals surface area contributed by atoms with E-state index < -0.39 is 10.0 Å². The lowest BCUT2D eigenvalue weighted by atomic mass is 10.1. The molecule has 6 nitrogen and oxygen atoms in total. The molecule has 8 heteroatoms. The summed E-state index contributed by atoms with van der Waals surface area (Å²) in [6.07, 6.45) is 0. The number of benzene rings is 3. The average molecular weight is 484 g/mol. The molecule has 3 aromatic rings. The smallest absolute Gasteiger partial charge is 0.254 e. The van der Waals surface area contributed by atoms with Crippen molar-refractivity contribution < 1.29 is 13.2 Å². The van der Waals surface area contributed by atoms with Crippen LogP contribution in [-0.4, -0.2) is 45.4 Å². The van der Waals surface area contributed by atoms with Crippen LogP contribution in [0.25, 0.3) is 0 Å². The molecule has 172 valence electrons. The third kappa shape index (κ3) is 5.55. The van der Waals surface area contributed by atoms with Gasteiger partial charge in [0, 0.05) is 49.0 Å². The number of nitrogens with zero attached hydrogens (tertiary/aromatic N) is 2. The van der Waals surface area contributed by atoms with Gasteiger partial charge in [-0.25, -0.2) is 13.1 Å². The lowest BCUT2D eigenvalue weighted by Gasteiger charge is -2.36. The normalized spacial score (nSPS) is 14.4. The molecular weight excluding hydrogens is 458 g/mol. The maximum absolute atomic E-state index is 13.1. The van der Waals surface area contributed by atoms with E-state index >= 15 is 0 Å². The number of halogens is 1. The number of carbonyl (C=O) groups excluding carboxylic acids is 1. The van der Waals surface area contributed by atoms with Crippen LogP contribution in [0.5, 0.6) is 0 Å². The number of sulfonamides is 1. The van der Waals surface area contributed by atoms with Gasteiger partial charge >= 0.3 is 0 Å². The molecule has 4 rings (SSSR count). The Labute approximate surface area is 199 Å². The van der Waals surface area contributed by atoms with Gasteiger partial charge in [-0.15, -0.1) is 0 Å². The van der Waals surface area contributed by atoms with Crippen LogP contribution in [-0.2, 0) is 16.6 Å². The largest absolute Gasteiger partial charge is 0.368 e. The van der Waals surface area contributed by atoms with Gasteiger partial charge in [0.1, 0.15) is 0 Å². The molecule has 1 fully saturated rings. The van der Waals surface area contributed by atoms with Gasteiger partial charge in [-0.05, 0) is 48.4 Å². The Morgan fingerprint density at radius 1 is 0.939 bits per heavy atom. The third-order valence-electron chi connectivity index (χ3n) is 5.77. The number of anilines is 1. The van der Waals surface area contributed by atoms with Crippen molar-refractivity contribution in [2.45, 2.75) is 18.4 Å². The van der Waals surface area contributed by atoms with Crippen LogP contribution in [0.1, 0.15) is 21.5 Å². The number of hydrogen-bond acceptors (Lipinski definition) is 4. The van der Waals surface area contributed by atoms with Crippen LogP contribution in [0.15, 0.2) is 77.7 Å². The highest BCUT2D eigenvalue weighted by Gasteiger charge is 2.25. The SMILES string of the molecule is Cc1ccc(C(=O)N2CCN(c3cccc(Cl)c3)CC2)cc1S(=O)(=O)NCc1ccccc1. The summed E-state index contributed by atoms with van der Waals surface area (Å²) in [6, 6.07) is 21.8. The number of nitrogens with one attached hydrogen (secondary N) is 1. The van der Waals surface area contributed by atoms with Crippen LogP contribution in [0.3, 0.4) is 0 Å². The number of piperazine rings is 1. The van der Waals surface area contributed by atoms with E-state index in [4.69, 9.17) is 11.6 Å². The summed E-state index contributed by atoms with van der Waals surface area (Å²) in [7, 11) is -3.77. The van der Waals surface area contributed by atoms with Gasteiger partial charge in [0.05, 0.1) is 4.90 Å². The zero-order valence-electron chi connectivity index (χ0n) is 18.4. The number of hydrogen-bond donors (Lipinski definition) is 1. The van der Waals surface area contributed by atoms with Gasteiger partial charge in [0.2, 0.25) is 10.0 Å². The second kappa shape index (κ2) is 9.95. The van der Waals surface area contributed by atoms with Crippen LogP contribution in [0, 0.1) is 6.92 Å². The Bertz CT molecular complexity index is 1240. The zero-order valence-corrected chi connectivity index (χ0v) is 19.9. The average Bonchev–Trinajstić information content (AvgIpc) is 2.83. The number of aryl methyl sites for hydroxylation is 1. The molecule has 0 saturated carbocycles. The van der Waals surface area contributed by atoms with Gasteiger partial charge in [-0.1, -0.05) is 54.1 Å². The standard InChI is InChI=1S/C25H26ClN3O3S/c1-19-10-11-21(16-24(19)33(31,32)27-18-20-6-3-2-4-7-20)25(30)29-14-12-28(13-15-29)23-9-5-8-22(26)17-23/h2-11,16-17,27H,12-15,18H2,1H3. The van der Waals surface area contributed by atoms with E-state index in [1.807, 2.05) is 54.6 Å². The molecule has 0 radical (unpaired) electrons. The molecule has 1 N–H and O–H groups in total. The van der Waals surface area contributed by atoms with Crippen LogP contribution >= 0.6 is 11.6 Å². The van der Waals surface area contributed by atoms with Gasteiger partial charge in [0.15, 0.2) is 0 Å². The van der Waals surface area contributed by atoms with E-state index in [9.17, 15) is 13.2 Å².